The molecule has 82 valence electrons. The summed E-state index contributed by atoms with van der Waals surface area (Å²) in [5, 5.41) is 0. The van der Waals surface area contributed by atoms with Gasteiger partial charge in [0.25, 0.3) is 0 Å². The van der Waals surface area contributed by atoms with Gasteiger partial charge in [0.15, 0.2) is 0 Å². The Morgan fingerprint density at radius 3 is 3.07 bits per heavy atom. The molecule has 1 aliphatic rings. The van der Waals surface area contributed by atoms with Gasteiger partial charge in [-0.1, -0.05) is 0 Å². The highest BCUT2D eigenvalue weighted by molar-refractivity contribution is 5.33. The number of anilines is 1. The molecule has 0 aliphatic carbocycles. The summed E-state index contributed by atoms with van der Waals surface area (Å²) < 4.78 is 5.68. The van der Waals surface area contributed by atoms with Crippen LogP contribution in [-0.4, -0.2) is 36.3 Å². The Kier molecular flexibility index (Phi) is 3.50. The van der Waals surface area contributed by atoms with Gasteiger partial charge >= 0.3 is 0 Å². The molecule has 0 amide bonds. The molecule has 0 saturated carbocycles. The van der Waals surface area contributed by atoms with Crippen LogP contribution in [0.2, 0.25) is 0 Å². The van der Waals surface area contributed by atoms with Gasteiger partial charge in [0.05, 0.1) is 12.3 Å². The SMILES string of the molecule is CN(CC1CCCCO1)c1cnccn1. The lowest BCUT2D eigenvalue weighted by molar-refractivity contribution is 0.0215. The highest BCUT2D eigenvalue weighted by atomic mass is 16.5. The number of aromatic nitrogens is 2. The van der Waals surface area contributed by atoms with E-state index in [1.807, 2.05) is 7.05 Å². The van der Waals surface area contributed by atoms with Gasteiger partial charge in [-0.2, -0.15) is 0 Å². The minimum Gasteiger partial charge on any atom is -0.376 e. The Bertz CT molecular complexity index is 285. The summed E-state index contributed by atoms with van der Waals surface area (Å²) in [6.07, 6.45) is 9.17. The van der Waals surface area contributed by atoms with E-state index in [1.165, 1.54) is 12.8 Å². The fraction of sp³-hybridized carbons (Fsp3) is 0.636. The van der Waals surface area contributed by atoms with Crippen molar-refractivity contribution in [1.29, 1.82) is 0 Å². The number of hydrogen-bond acceptors (Lipinski definition) is 4. The van der Waals surface area contributed by atoms with Crippen LogP contribution in [0.1, 0.15) is 19.3 Å². The van der Waals surface area contributed by atoms with E-state index < -0.39 is 0 Å². The zero-order valence-corrected chi connectivity index (χ0v) is 9.09. The van der Waals surface area contributed by atoms with Gasteiger partial charge in [-0.3, -0.25) is 4.98 Å². The molecule has 1 atom stereocenters. The number of nitrogens with zero attached hydrogens (tertiary/aromatic N) is 3. The minimum absolute atomic E-state index is 0.353. The summed E-state index contributed by atoms with van der Waals surface area (Å²) in [4.78, 5) is 10.4. The molecule has 1 unspecified atom stereocenters. The van der Waals surface area contributed by atoms with E-state index in [9.17, 15) is 0 Å². The third kappa shape index (κ3) is 2.89. The second-order valence-corrected chi connectivity index (χ2v) is 3.93. The molecule has 0 N–H and O–H groups in total. The van der Waals surface area contributed by atoms with E-state index in [0.29, 0.717) is 6.10 Å². The first-order valence-electron chi connectivity index (χ1n) is 5.45. The summed E-state index contributed by atoms with van der Waals surface area (Å²) in [5.41, 5.74) is 0. The summed E-state index contributed by atoms with van der Waals surface area (Å²) >= 11 is 0. The van der Waals surface area contributed by atoms with Gasteiger partial charge in [-0.25, -0.2) is 4.98 Å². The predicted octanol–water partition coefficient (Wildman–Crippen LogP) is 1.48. The van der Waals surface area contributed by atoms with Crippen molar-refractivity contribution in [2.75, 3.05) is 25.1 Å². The Morgan fingerprint density at radius 1 is 1.47 bits per heavy atom. The van der Waals surface area contributed by atoms with Gasteiger partial charge < -0.3 is 9.64 Å². The Morgan fingerprint density at radius 2 is 2.40 bits per heavy atom. The minimum atomic E-state index is 0.353. The molecule has 15 heavy (non-hydrogen) atoms. The molecule has 0 aromatic carbocycles. The molecule has 2 rings (SSSR count). The van der Waals surface area contributed by atoms with Crippen LogP contribution in [0.25, 0.3) is 0 Å². The van der Waals surface area contributed by atoms with Crippen LogP contribution < -0.4 is 4.90 Å². The highest BCUT2D eigenvalue weighted by Gasteiger charge is 2.16. The van der Waals surface area contributed by atoms with E-state index in [4.69, 9.17) is 4.74 Å². The molecule has 0 radical (unpaired) electrons. The maximum atomic E-state index is 5.68. The molecule has 2 heterocycles. The lowest BCUT2D eigenvalue weighted by Crippen LogP contribution is -2.33. The maximum absolute atomic E-state index is 5.68. The molecule has 4 heteroatoms. The second kappa shape index (κ2) is 5.07. The quantitative estimate of drug-likeness (QED) is 0.752. The first kappa shape index (κ1) is 10.4. The van der Waals surface area contributed by atoms with E-state index in [1.54, 1.807) is 18.6 Å². The van der Waals surface area contributed by atoms with Crippen molar-refractivity contribution in [2.45, 2.75) is 25.4 Å². The van der Waals surface area contributed by atoms with Crippen LogP contribution in [0, 0.1) is 0 Å². The van der Waals surface area contributed by atoms with E-state index in [0.717, 1.165) is 25.4 Å². The molecular formula is C11H17N3O. The van der Waals surface area contributed by atoms with E-state index >= 15 is 0 Å². The largest absolute Gasteiger partial charge is 0.376 e. The van der Waals surface area contributed by atoms with Crippen molar-refractivity contribution in [2.24, 2.45) is 0 Å². The average molecular weight is 207 g/mol. The zero-order chi connectivity index (χ0) is 10.5. The van der Waals surface area contributed by atoms with Crippen molar-refractivity contribution < 1.29 is 4.74 Å². The van der Waals surface area contributed by atoms with Gasteiger partial charge in [0, 0.05) is 32.6 Å². The van der Waals surface area contributed by atoms with Gasteiger partial charge in [-0.05, 0) is 19.3 Å². The fourth-order valence-corrected chi connectivity index (χ4v) is 1.84. The summed E-state index contributed by atoms with van der Waals surface area (Å²) in [6.45, 7) is 1.80. The van der Waals surface area contributed by atoms with Gasteiger partial charge in [0.1, 0.15) is 5.82 Å². The Hall–Kier alpha value is -1.16. The van der Waals surface area contributed by atoms with Crippen molar-refractivity contribution in [1.82, 2.24) is 9.97 Å². The van der Waals surface area contributed by atoms with Crippen LogP contribution in [-0.2, 0) is 4.74 Å². The molecule has 1 saturated heterocycles. The Labute approximate surface area is 90.3 Å². The van der Waals surface area contributed by atoms with Crippen molar-refractivity contribution in [3.8, 4) is 0 Å². The molecule has 0 spiro atoms. The zero-order valence-electron chi connectivity index (χ0n) is 9.09. The lowest BCUT2D eigenvalue weighted by atomic mass is 10.1. The second-order valence-electron chi connectivity index (χ2n) is 3.93. The number of likely N-dealkylation sites (N-methyl/N-ethyl adjacent to an activating group) is 1. The summed E-state index contributed by atoms with van der Waals surface area (Å²) in [7, 11) is 2.03. The monoisotopic (exact) mass is 207 g/mol. The number of hydrogen-bond donors (Lipinski definition) is 0. The van der Waals surface area contributed by atoms with E-state index in [2.05, 4.69) is 14.9 Å². The predicted molar refractivity (Wildman–Crippen MR) is 58.9 cm³/mol. The van der Waals surface area contributed by atoms with Crippen LogP contribution in [0.3, 0.4) is 0 Å². The third-order valence-electron chi connectivity index (χ3n) is 2.69. The third-order valence-corrected chi connectivity index (χ3v) is 2.69. The molecule has 1 aromatic rings. The number of ether oxygens (including phenoxy) is 1. The number of rotatable bonds is 3. The highest BCUT2D eigenvalue weighted by Crippen LogP contribution is 2.15. The molecular weight excluding hydrogens is 190 g/mol. The summed E-state index contributed by atoms with van der Waals surface area (Å²) in [5.74, 6) is 0.909. The van der Waals surface area contributed by atoms with Gasteiger partial charge in [-0.15, -0.1) is 0 Å². The van der Waals surface area contributed by atoms with Crippen LogP contribution >= 0.6 is 0 Å². The first-order valence-corrected chi connectivity index (χ1v) is 5.45. The first-order chi connectivity index (χ1) is 7.36. The smallest absolute Gasteiger partial charge is 0.146 e. The fourth-order valence-electron chi connectivity index (χ4n) is 1.84. The Balaban J connectivity index is 1.88. The molecule has 0 bridgehead atoms. The van der Waals surface area contributed by atoms with Crippen molar-refractivity contribution in [3.05, 3.63) is 18.6 Å². The van der Waals surface area contributed by atoms with Gasteiger partial charge in [0.2, 0.25) is 0 Å². The van der Waals surface area contributed by atoms with Crippen molar-refractivity contribution >= 4 is 5.82 Å². The van der Waals surface area contributed by atoms with Crippen molar-refractivity contribution in [3.63, 3.8) is 0 Å². The normalized spacial score (nSPS) is 21.3. The lowest BCUT2D eigenvalue weighted by Gasteiger charge is -2.27. The molecule has 1 aliphatic heterocycles. The average Bonchev–Trinajstić information content (AvgIpc) is 2.31. The summed E-state index contributed by atoms with van der Waals surface area (Å²) in [6, 6.07) is 0. The molecule has 1 aromatic heterocycles. The van der Waals surface area contributed by atoms with Crippen LogP contribution in [0.15, 0.2) is 18.6 Å². The van der Waals surface area contributed by atoms with Crippen LogP contribution in [0.4, 0.5) is 5.82 Å². The molecule has 4 nitrogen and oxygen atoms in total. The van der Waals surface area contributed by atoms with E-state index in [-0.39, 0.29) is 0 Å². The maximum Gasteiger partial charge on any atom is 0.146 e. The molecule has 1 fully saturated rings. The topological polar surface area (TPSA) is 38.2 Å². The standard InChI is InChI=1S/C11H17N3O/c1-14(11-8-12-5-6-13-11)9-10-4-2-3-7-15-10/h5-6,8,10H,2-4,7,9H2,1H3. The van der Waals surface area contributed by atoms with Crippen LogP contribution in [0.5, 0.6) is 0 Å².